The number of aryl methyl sites for hydroxylation is 3. The summed E-state index contributed by atoms with van der Waals surface area (Å²) >= 11 is 0. The van der Waals surface area contributed by atoms with Crippen molar-refractivity contribution in [3.8, 4) is 22.5 Å². The molecule has 33 heavy (non-hydrogen) atoms. The molecule has 0 spiro atoms. The highest BCUT2D eigenvalue weighted by atomic mass is 15.3. The van der Waals surface area contributed by atoms with E-state index < -0.39 is 0 Å². The third-order valence-corrected chi connectivity index (χ3v) is 6.26. The first-order chi connectivity index (χ1) is 16.2. The number of benzene rings is 1. The first kappa shape index (κ1) is 21.3. The van der Waals surface area contributed by atoms with Gasteiger partial charge in [-0.25, -0.2) is 9.97 Å². The Morgan fingerprint density at radius 3 is 2.82 bits per heavy atom. The summed E-state index contributed by atoms with van der Waals surface area (Å²) in [4.78, 5) is 16.1. The van der Waals surface area contributed by atoms with Crippen LogP contribution in [0.3, 0.4) is 0 Å². The summed E-state index contributed by atoms with van der Waals surface area (Å²) in [6, 6.07) is 10.3. The van der Waals surface area contributed by atoms with Crippen molar-refractivity contribution in [1.82, 2.24) is 30.0 Å². The fraction of sp³-hybridized carbons (Fsp3) is 0.360. The molecule has 0 atom stereocenters. The number of likely N-dealkylation sites (tertiary alicyclic amines) is 1. The highest BCUT2D eigenvalue weighted by Crippen LogP contribution is 2.39. The third kappa shape index (κ3) is 4.66. The number of aromatic nitrogens is 4. The maximum Gasteiger partial charge on any atom is 0.251 e. The number of nitrogens with one attached hydrogen (secondary N) is 1. The molecule has 1 saturated heterocycles. The molecule has 1 fully saturated rings. The molecule has 1 aromatic carbocycles. The fourth-order valence-corrected chi connectivity index (χ4v) is 4.64. The normalized spacial score (nSPS) is 16.2. The Balaban J connectivity index is 1.35. The van der Waals surface area contributed by atoms with Crippen LogP contribution >= 0.6 is 0 Å². The van der Waals surface area contributed by atoms with Gasteiger partial charge in [-0.05, 0) is 50.4 Å². The molecular formula is C25H30N8. The minimum atomic E-state index is 0.365. The van der Waals surface area contributed by atoms with E-state index in [1.54, 1.807) is 6.08 Å². The fourth-order valence-electron chi connectivity index (χ4n) is 4.64. The van der Waals surface area contributed by atoms with E-state index in [9.17, 15) is 0 Å². The van der Waals surface area contributed by atoms with E-state index in [-0.39, 0.29) is 0 Å². The average Bonchev–Trinajstić information content (AvgIpc) is 3.46. The maximum absolute atomic E-state index is 6.12. The van der Waals surface area contributed by atoms with E-state index in [0.29, 0.717) is 11.8 Å². The average molecular weight is 443 g/mol. The molecule has 8 nitrogen and oxygen atoms in total. The van der Waals surface area contributed by atoms with Crippen molar-refractivity contribution in [2.75, 3.05) is 26.2 Å². The van der Waals surface area contributed by atoms with Crippen LogP contribution in [0.25, 0.3) is 22.5 Å². The Morgan fingerprint density at radius 2 is 2.00 bits per heavy atom. The molecule has 2 aliphatic rings. The van der Waals surface area contributed by atoms with Gasteiger partial charge in [0.15, 0.2) is 0 Å². The number of nitrogens with zero attached hydrogens (tertiary/aromatic N) is 6. The van der Waals surface area contributed by atoms with Crippen molar-refractivity contribution in [1.29, 1.82) is 0 Å². The zero-order valence-corrected chi connectivity index (χ0v) is 19.0. The van der Waals surface area contributed by atoms with E-state index in [0.717, 1.165) is 59.7 Å². The number of aliphatic imine (C=N–C) groups is 1. The number of hydrogen-bond donors (Lipinski definition) is 2. The molecule has 3 N–H and O–H groups in total. The van der Waals surface area contributed by atoms with Crippen LogP contribution in [0.5, 0.6) is 0 Å². The molecule has 0 amide bonds. The van der Waals surface area contributed by atoms with Gasteiger partial charge in [0, 0.05) is 43.7 Å². The van der Waals surface area contributed by atoms with Crippen LogP contribution in [-0.2, 0) is 19.9 Å². The number of fused-ring (bicyclic) bond motifs is 3. The van der Waals surface area contributed by atoms with Crippen molar-refractivity contribution in [3.63, 3.8) is 0 Å². The van der Waals surface area contributed by atoms with E-state index in [4.69, 9.17) is 15.8 Å². The van der Waals surface area contributed by atoms with E-state index in [1.165, 1.54) is 25.9 Å². The summed E-state index contributed by atoms with van der Waals surface area (Å²) in [5.74, 6) is 0.734. The van der Waals surface area contributed by atoms with E-state index in [2.05, 4.69) is 32.3 Å². The quantitative estimate of drug-likeness (QED) is 0.332. The second kappa shape index (κ2) is 9.54. The van der Waals surface area contributed by atoms with Crippen molar-refractivity contribution in [2.45, 2.75) is 25.7 Å². The Hall–Kier alpha value is -3.52. The Bertz CT molecular complexity index is 1170. The van der Waals surface area contributed by atoms with E-state index in [1.807, 2.05) is 42.3 Å². The highest BCUT2D eigenvalue weighted by molar-refractivity contribution is 5.93. The molecule has 0 saturated carbocycles. The topological polar surface area (TPSA) is 97.2 Å². The van der Waals surface area contributed by atoms with Gasteiger partial charge in [-0.15, -0.1) is 0 Å². The molecule has 0 radical (unpaired) electrons. The Labute approximate surface area is 194 Å². The molecular weight excluding hydrogens is 412 g/mol. The minimum Gasteiger partial charge on any atom is -0.389 e. The summed E-state index contributed by atoms with van der Waals surface area (Å²) in [6.45, 7) is 4.35. The first-order valence-corrected chi connectivity index (χ1v) is 11.6. The van der Waals surface area contributed by atoms with Crippen LogP contribution in [0.2, 0.25) is 0 Å². The lowest BCUT2D eigenvalue weighted by Gasteiger charge is -2.16. The number of nitrogens with two attached hydrogens (primary N) is 1. The van der Waals surface area contributed by atoms with Crippen molar-refractivity contribution in [3.05, 3.63) is 60.1 Å². The van der Waals surface area contributed by atoms with Crippen LogP contribution in [0, 0.1) is 0 Å². The van der Waals surface area contributed by atoms with Crippen LogP contribution in [0.4, 0.5) is 5.95 Å². The number of rotatable bonds is 7. The summed E-state index contributed by atoms with van der Waals surface area (Å²) in [5.41, 5.74) is 12.5. The molecule has 170 valence electrons. The van der Waals surface area contributed by atoms with Gasteiger partial charge in [0.25, 0.3) is 5.95 Å². The van der Waals surface area contributed by atoms with Crippen LogP contribution < -0.4 is 11.1 Å². The molecule has 1 aliphatic heterocycles. The number of amidine groups is 1. The van der Waals surface area contributed by atoms with E-state index >= 15 is 0 Å². The summed E-state index contributed by atoms with van der Waals surface area (Å²) in [7, 11) is 1.99. The third-order valence-electron chi connectivity index (χ3n) is 6.26. The standard InChI is InChI=1S/C25H30N8/c1-32-24(18-7-3-2-4-8-18)22-20(31-32)10-9-19-17-28-25(30-23(19)22)29-21(26)11-12-27-13-16-33-14-5-6-15-33/h2-4,7-8,11-12,17,27H,5-6,9-10,13-16H2,1H3,(H2,26,28,29,30)/b12-11-. The molecule has 0 bridgehead atoms. The van der Waals surface area contributed by atoms with Crippen LogP contribution in [-0.4, -0.2) is 56.7 Å². The van der Waals surface area contributed by atoms with Gasteiger partial charge in [-0.3, -0.25) is 4.68 Å². The molecule has 3 heterocycles. The summed E-state index contributed by atoms with van der Waals surface area (Å²) < 4.78 is 1.95. The predicted molar refractivity (Wildman–Crippen MR) is 131 cm³/mol. The van der Waals surface area contributed by atoms with Gasteiger partial charge in [0.05, 0.1) is 17.1 Å². The van der Waals surface area contributed by atoms with Crippen LogP contribution in [0.1, 0.15) is 24.1 Å². The van der Waals surface area contributed by atoms with Gasteiger partial charge >= 0.3 is 0 Å². The molecule has 5 rings (SSSR count). The Kier molecular flexibility index (Phi) is 6.17. The van der Waals surface area contributed by atoms with Crippen molar-refractivity contribution in [2.24, 2.45) is 17.8 Å². The Morgan fingerprint density at radius 1 is 1.18 bits per heavy atom. The summed E-state index contributed by atoms with van der Waals surface area (Å²) in [6.07, 6.45) is 9.85. The van der Waals surface area contributed by atoms with Crippen LogP contribution in [0.15, 0.2) is 53.8 Å². The largest absolute Gasteiger partial charge is 0.389 e. The molecule has 3 aromatic rings. The monoisotopic (exact) mass is 442 g/mol. The lowest BCUT2D eigenvalue weighted by atomic mass is 9.91. The second-order valence-electron chi connectivity index (χ2n) is 8.58. The van der Waals surface area contributed by atoms with Crippen molar-refractivity contribution < 1.29 is 0 Å². The second-order valence-corrected chi connectivity index (χ2v) is 8.58. The van der Waals surface area contributed by atoms with Gasteiger partial charge in [-0.1, -0.05) is 30.3 Å². The van der Waals surface area contributed by atoms with Gasteiger partial charge in [-0.2, -0.15) is 10.1 Å². The summed E-state index contributed by atoms with van der Waals surface area (Å²) in [5, 5.41) is 8.06. The predicted octanol–water partition coefficient (Wildman–Crippen LogP) is 2.83. The maximum atomic E-state index is 6.12. The van der Waals surface area contributed by atoms with Gasteiger partial charge in [0.2, 0.25) is 0 Å². The molecule has 2 aromatic heterocycles. The smallest absolute Gasteiger partial charge is 0.251 e. The zero-order chi connectivity index (χ0) is 22.6. The van der Waals surface area contributed by atoms with Gasteiger partial charge in [0.1, 0.15) is 5.84 Å². The lowest BCUT2D eigenvalue weighted by molar-refractivity contribution is 0.342. The SMILES string of the molecule is Cn1nc2c(c1-c1ccccc1)-c1nc(/N=C(N)\C=C/NCCN3CCCC3)ncc1CC2. The zero-order valence-electron chi connectivity index (χ0n) is 19.0. The first-order valence-electron chi connectivity index (χ1n) is 11.6. The highest BCUT2D eigenvalue weighted by Gasteiger charge is 2.26. The molecule has 1 aliphatic carbocycles. The number of hydrogen-bond acceptors (Lipinski definition) is 6. The van der Waals surface area contributed by atoms with Crippen molar-refractivity contribution >= 4 is 11.8 Å². The lowest BCUT2D eigenvalue weighted by Crippen LogP contribution is -2.27. The molecule has 8 heteroatoms. The van der Waals surface area contributed by atoms with Gasteiger partial charge < -0.3 is 16.0 Å². The molecule has 0 unspecified atom stereocenters. The minimum absolute atomic E-state index is 0.365.